The average Bonchev–Trinajstić information content (AvgIpc) is 2.51. The van der Waals surface area contributed by atoms with Crippen LogP contribution in [0.25, 0.3) is 0 Å². The molecule has 23 heavy (non-hydrogen) atoms. The van der Waals surface area contributed by atoms with Gasteiger partial charge in [-0.1, -0.05) is 23.2 Å². The number of amides is 1. The van der Waals surface area contributed by atoms with E-state index < -0.39 is 5.60 Å². The van der Waals surface area contributed by atoms with Gasteiger partial charge in [-0.2, -0.15) is 0 Å². The van der Waals surface area contributed by atoms with Crippen molar-refractivity contribution in [3.05, 3.63) is 52.5 Å². The zero-order chi connectivity index (χ0) is 17.0. The third-order valence-electron chi connectivity index (χ3n) is 3.16. The second-order valence-electron chi connectivity index (χ2n) is 5.37. The summed E-state index contributed by atoms with van der Waals surface area (Å²) in [5, 5.41) is 3.75. The minimum atomic E-state index is -1.09. The molecule has 2 aromatic rings. The summed E-state index contributed by atoms with van der Waals surface area (Å²) in [5.41, 5.74) is -0.595. The zero-order valence-corrected chi connectivity index (χ0v) is 14.5. The summed E-state index contributed by atoms with van der Waals surface area (Å²) in [4.78, 5) is 12.5. The zero-order valence-electron chi connectivity index (χ0n) is 13.0. The van der Waals surface area contributed by atoms with Crippen LogP contribution in [0.4, 0.5) is 5.69 Å². The molecule has 0 aliphatic carbocycles. The van der Waals surface area contributed by atoms with E-state index in [1.807, 2.05) is 0 Å². The maximum atomic E-state index is 12.5. The van der Waals surface area contributed by atoms with Gasteiger partial charge in [0.15, 0.2) is 5.60 Å². The van der Waals surface area contributed by atoms with E-state index in [1.165, 1.54) is 0 Å². The molecule has 0 bridgehead atoms. The number of benzene rings is 2. The van der Waals surface area contributed by atoms with E-state index in [9.17, 15) is 4.79 Å². The molecule has 0 radical (unpaired) electrons. The largest absolute Gasteiger partial charge is 0.497 e. The lowest BCUT2D eigenvalue weighted by molar-refractivity contribution is -0.128. The first-order chi connectivity index (χ1) is 10.8. The smallest absolute Gasteiger partial charge is 0.268 e. The van der Waals surface area contributed by atoms with Crippen LogP contribution >= 0.6 is 23.2 Å². The number of hydrogen-bond donors (Lipinski definition) is 1. The van der Waals surface area contributed by atoms with Gasteiger partial charge >= 0.3 is 0 Å². The second-order valence-corrected chi connectivity index (χ2v) is 6.21. The van der Waals surface area contributed by atoms with Gasteiger partial charge in [0, 0.05) is 11.1 Å². The molecule has 122 valence electrons. The first-order valence-electron chi connectivity index (χ1n) is 6.91. The third kappa shape index (κ3) is 4.53. The molecule has 0 aliphatic rings. The number of ether oxygens (including phenoxy) is 2. The SMILES string of the molecule is COc1ccc(NC(=O)C(C)(C)Oc2ccc(Cl)cc2)c(Cl)c1. The monoisotopic (exact) mass is 353 g/mol. The number of carbonyl (C=O) groups excluding carboxylic acids is 1. The Morgan fingerprint density at radius 2 is 1.65 bits per heavy atom. The molecule has 0 aliphatic heterocycles. The summed E-state index contributed by atoms with van der Waals surface area (Å²) in [6, 6.07) is 11.8. The number of hydrogen-bond acceptors (Lipinski definition) is 3. The lowest BCUT2D eigenvalue weighted by Gasteiger charge is -2.25. The molecule has 0 fully saturated rings. The summed E-state index contributed by atoms with van der Waals surface area (Å²) >= 11 is 12.0. The Labute approximate surface area is 145 Å². The molecule has 1 amide bonds. The molecule has 6 heteroatoms. The van der Waals surface area contributed by atoms with Gasteiger partial charge in [-0.05, 0) is 50.2 Å². The van der Waals surface area contributed by atoms with E-state index in [2.05, 4.69) is 5.32 Å². The minimum absolute atomic E-state index is 0.320. The second kappa shape index (κ2) is 7.11. The van der Waals surface area contributed by atoms with Crippen LogP contribution < -0.4 is 14.8 Å². The normalized spacial score (nSPS) is 11.0. The fraction of sp³-hybridized carbons (Fsp3) is 0.235. The predicted molar refractivity (Wildman–Crippen MR) is 92.8 cm³/mol. The van der Waals surface area contributed by atoms with Gasteiger partial charge in [0.1, 0.15) is 11.5 Å². The Morgan fingerprint density at radius 1 is 1.04 bits per heavy atom. The molecule has 4 nitrogen and oxygen atoms in total. The van der Waals surface area contributed by atoms with Crippen LogP contribution in [0.3, 0.4) is 0 Å². The molecule has 0 heterocycles. The molecular weight excluding hydrogens is 337 g/mol. The number of halogens is 2. The predicted octanol–water partition coefficient (Wildman–Crippen LogP) is 4.80. The fourth-order valence-electron chi connectivity index (χ4n) is 1.84. The standard InChI is InChI=1S/C17H17Cl2NO3/c1-17(2,23-12-6-4-11(18)5-7-12)16(21)20-15-9-8-13(22-3)10-14(15)19/h4-10H,1-3H3,(H,20,21). The van der Waals surface area contributed by atoms with Gasteiger partial charge in [-0.25, -0.2) is 0 Å². The van der Waals surface area contributed by atoms with Gasteiger partial charge in [0.05, 0.1) is 17.8 Å². The molecule has 0 spiro atoms. The Bertz CT molecular complexity index is 699. The summed E-state index contributed by atoms with van der Waals surface area (Å²) in [6.45, 7) is 3.35. The highest BCUT2D eigenvalue weighted by molar-refractivity contribution is 6.34. The van der Waals surface area contributed by atoms with Crippen LogP contribution in [0.2, 0.25) is 10.0 Å². The van der Waals surface area contributed by atoms with Gasteiger partial charge in [-0.3, -0.25) is 4.79 Å². The van der Waals surface area contributed by atoms with Crippen LogP contribution in [0.1, 0.15) is 13.8 Å². The summed E-state index contributed by atoms with van der Waals surface area (Å²) in [5.74, 6) is 0.847. The van der Waals surface area contributed by atoms with Gasteiger partial charge in [-0.15, -0.1) is 0 Å². The highest BCUT2D eigenvalue weighted by Crippen LogP contribution is 2.28. The van der Waals surface area contributed by atoms with Crippen molar-refractivity contribution in [2.24, 2.45) is 0 Å². The fourth-order valence-corrected chi connectivity index (χ4v) is 2.18. The Balaban J connectivity index is 2.10. The Hall–Kier alpha value is -1.91. The maximum absolute atomic E-state index is 12.5. The number of methoxy groups -OCH3 is 1. The minimum Gasteiger partial charge on any atom is -0.497 e. The van der Waals surface area contributed by atoms with Gasteiger partial charge < -0.3 is 14.8 Å². The van der Waals surface area contributed by atoms with E-state index in [-0.39, 0.29) is 5.91 Å². The third-order valence-corrected chi connectivity index (χ3v) is 3.72. The van der Waals surface area contributed by atoms with E-state index in [0.29, 0.717) is 27.2 Å². The van der Waals surface area contributed by atoms with Gasteiger partial charge in [0.2, 0.25) is 0 Å². The summed E-state index contributed by atoms with van der Waals surface area (Å²) < 4.78 is 10.8. The molecule has 0 atom stereocenters. The molecule has 0 saturated heterocycles. The van der Waals surface area contributed by atoms with Crippen LogP contribution in [0, 0.1) is 0 Å². The van der Waals surface area contributed by atoms with Crippen LogP contribution in [0.5, 0.6) is 11.5 Å². The van der Waals surface area contributed by atoms with Gasteiger partial charge in [0.25, 0.3) is 5.91 Å². The molecule has 0 unspecified atom stereocenters. The number of nitrogens with one attached hydrogen (secondary N) is 1. The van der Waals surface area contributed by atoms with E-state index in [0.717, 1.165) is 0 Å². The highest BCUT2D eigenvalue weighted by Gasteiger charge is 2.30. The molecule has 1 N–H and O–H groups in total. The van der Waals surface area contributed by atoms with Crippen LogP contribution in [0.15, 0.2) is 42.5 Å². The lowest BCUT2D eigenvalue weighted by Crippen LogP contribution is -2.42. The first kappa shape index (κ1) is 17.4. The van der Waals surface area contributed by atoms with E-state index in [4.69, 9.17) is 32.7 Å². The lowest BCUT2D eigenvalue weighted by atomic mass is 10.1. The van der Waals surface area contributed by atoms with E-state index >= 15 is 0 Å². The van der Waals surface area contributed by atoms with Crippen molar-refractivity contribution in [1.82, 2.24) is 0 Å². The number of carbonyl (C=O) groups is 1. The van der Waals surface area contributed by atoms with Crippen LogP contribution in [-0.2, 0) is 4.79 Å². The first-order valence-corrected chi connectivity index (χ1v) is 7.67. The average molecular weight is 354 g/mol. The molecule has 2 rings (SSSR count). The van der Waals surface area contributed by atoms with Crippen LogP contribution in [-0.4, -0.2) is 18.6 Å². The van der Waals surface area contributed by atoms with Crippen molar-refractivity contribution in [3.8, 4) is 11.5 Å². The number of anilines is 1. The Morgan fingerprint density at radius 3 is 2.22 bits per heavy atom. The topological polar surface area (TPSA) is 47.6 Å². The van der Waals surface area contributed by atoms with Crippen molar-refractivity contribution in [1.29, 1.82) is 0 Å². The van der Waals surface area contributed by atoms with Crippen molar-refractivity contribution in [2.45, 2.75) is 19.4 Å². The van der Waals surface area contributed by atoms with Crippen molar-refractivity contribution in [2.75, 3.05) is 12.4 Å². The van der Waals surface area contributed by atoms with E-state index in [1.54, 1.807) is 63.4 Å². The molecular formula is C17H17Cl2NO3. The molecule has 0 aromatic heterocycles. The quantitative estimate of drug-likeness (QED) is 0.839. The van der Waals surface area contributed by atoms with Crippen molar-refractivity contribution in [3.63, 3.8) is 0 Å². The highest BCUT2D eigenvalue weighted by atomic mass is 35.5. The Kier molecular flexibility index (Phi) is 5.39. The summed E-state index contributed by atoms with van der Waals surface area (Å²) in [6.07, 6.45) is 0. The molecule has 0 saturated carbocycles. The van der Waals surface area contributed by atoms with Crippen molar-refractivity contribution < 1.29 is 14.3 Å². The maximum Gasteiger partial charge on any atom is 0.268 e. The van der Waals surface area contributed by atoms with Crippen molar-refractivity contribution >= 4 is 34.8 Å². The number of rotatable bonds is 5. The summed E-state index contributed by atoms with van der Waals surface area (Å²) in [7, 11) is 1.55. The molecule has 2 aromatic carbocycles.